The van der Waals surface area contributed by atoms with Crippen molar-refractivity contribution in [2.75, 3.05) is 5.32 Å². The number of nitrogens with zero attached hydrogens (tertiary/aromatic N) is 3. The number of rotatable bonds is 6. The Balaban J connectivity index is 1.49. The molecule has 4 rings (SSSR count). The molecule has 0 atom stereocenters. The Morgan fingerprint density at radius 1 is 1.30 bits per heavy atom. The van der Waals surface area contributed by atoms with Crippen LogP contribution in [0.15, 0.2) is 58.3 Å². The second-order valence-electron chi connectivity index (χ2n) is 6.44. The fourth-order valence-electron chi connectivity index (χ4n) is 2.86. The number of hydrogen-bond donors (Lipinski definition) is 1. The molecule has 2 aromatic heterocycles. The third-order valence-corrected chi connectivity index (χ3v) is 5.32. The molecule has 0 bridgehead atoms. The summed E-state index contributed by atoms with van der Waals surface area (Å²) in [6.07, 6.45) is -1.58. The fraction of sp³-hybridized carbons (Fsp3) is 0.150. The molecule has 0 fully saturated rings. The van der Waals surface area contributed by atoms with Gasteiger partial charge in [0, 0.05) is 29.7 Å². The van der Waals surface area contributed by atoms with Crippen LogP contribution in [0.4, 0.5) is 14.5 Å². The summed E-state index contributed by atoms with van der Waals surface area (Å²) >= 11 is 7.41. The second-order valence-corrected chi connectivity index (χ2v) is 7.80. The van der Waals surface area contributed by atoms with Crippen LogP contribution in [-0.4, -0.2) is 20.7 Å². The number of hydrogen-bond acceptors (Lipinski definition) is 5. The van der Waals surface area contributed by atoms with Gasteiger partial charge in [-0.05, 0) is 35.9 Å². The Hall–Kier alpha value is -2.91. The van der Waals surface area contributed by atoms with Crippen LogP contribution in [0.25, 0.3) is 11.1 Å². The summed E-state index contributed by atoms with van der Waals surface area (Å²) in [6.45, 7) is 0. The largest absolute Gasteiger partial charge is 0.431 e. The lowest BCUT2D eigenvalue weighted by molar-refractivity contribution is 0.101. The van der Waals surface area contributed by atoms with Crippen LogP contribution in [0, 0.1) is 0 Å². The summed E-state index contributed by atoms with van der Waals surface area (Å²) in [6, 6.07) is 12.4. The number of carbonyl (C=O) groups excluding carboxylic acids is 1. The van der Waals surface area contributed by atoms with Gasteiger partial charge in [-0.25, -0.2) is 13.8 Å². The molecule has 0 unspecified atom stereocenters. The predicted molar refractivity (Wildman–Crippen MR) is 111 cm³/mol. The Bertz CT molecular complexity index is 1220. The van der Waals surface area contributed by atoms with Gasteiger partial charge >= 0.3 is 0 Å². The van der Waals surface area contributed by atoms with Crippen LogP contribution in [0.1, 0.15) is 28.0 Å². The van der Waals surface area contributed by atoms with Crippen molar-refractivity contribution in [2.24, 2.45) is 7.05 Å². The molecule has 6 nitrogen and oxygen atoms in total. The number of amides is 1. The third kappa shape index (κ3) is 4.47. The summed E-state index contributed by atoms with van der Waals surface area (Å²) in [7, 11) is 1.48. The van der Waals surface area contributed by atoms with Crippen LogP contribution in [0.2, 0.25) is 5.02 Å². The number of benzene rings is 2. The first-order chi connectivity index (χ1) is 14.4. The Kier molecular flexibility index (Phi) is 5.74. The minimum Gasteiger partial charge on any atom is -0.431 e. The Morgan fingerprint density at radius 3 is 2.90 bits per heavy atom. The topological polar surface area (TPSA) is 73.0 Å². The molecular formula is C20H15ClF2N4O2S. The first-order valence-electron chi connectivity index (χ1n) is 8.80. The van der Waals surface area contributed by atoms with Crippen LogP contribution in [0.3, 0.4) is 0 Å². The molecule has 1 amide bonds. The molecular weight excluding hydrogens is 434 g/mol. The van der Waals surface area contributed by atoms with E-state index in [1.165, 1.54) is 29.7 Å². The lowest BCUT2D eigenvalue weighted by atomic mass is 10.2. The van der Waals surface area contributed by atoms with Gasteiger partial charge in [0.1, 0.15) is 11.2 Å². The van der Waals surface area contributed by atoms with Crippen molar-refractivity contribution in [3.05, 3.63) is 70.5 Å². The van der Waals surface area contributed by atoms with E-state index in [1.54, 1.807) is 24.3 Å². The lowest BCUT2D eigenvalue weighted by Crippen LogP contribution is -2.13. The number of carbonyl (C=O) groups is 1. The molecule has 0 saturated carbocycles. The van der Waals surface area contributed by atoms with Crippen molar-refractivity contribution in [1.29, 1.82) is 0 Å². The quantitative estimate of drug-likeness (QED) is 0.383. The predicted octanol–water partition coefficient (Wildman–Crippen LogP) is 5.70. The number of nitrogens with one attached hydrogen (secondary N) is 1. The van der Waals surface area contributed by atoms with E-state index < -0.39 is 18.0 Å². The van der Waals surface area contributed by atoms with Crippen LogP contribution in [0.5, 0.6) is 0 Å². The zero-order valence-corrected chi connectivity index (χ0v) is 17.2. The number of anilines is 1. The van der Waals surface area contributed by atoms with E-state index in [1.807, 2.05) is 18.2 Å². The standard InChI is InChI=1S/C20H15ClF2N4O2S/c1-27-9-14(17(26-27)18(22)23)19(28)24-13-5-6-16-15(8-13)25-20(29-16)30-10-11-3-2-4-12(21)7-11/h2-9,18H,10H2,1H3,(H,24,28). The summed E-state index contributed by atoms with van der Waals surface area (Å²) in [5.41, 5.74) is 1.81. The number of thioether (sulfide) groups is 1. The van der Waals surface area contributed by atoms with Crippen LogP contribution in [-0.2, 0) is 12.8 Å². The maximum Gasteiger partial charge on any atom is 0.282 e. The van der Waals surface area contributed by atoms with Crippen LogP contribution < -0.4 is 5.32 Å². The van der Waals surface area contributed by atoms with E-state index >= 15 is 0 Å². The molecule has 30 heavy (non-hydrogen) atoms. The molecule has 1 N–H and O–H groups in total. The zero-order valence-electron chi connectivity index (χ0n) is 15.6. The molecule has 0 aliphatic rings. The van der Waals surface area contributed by atoms with Gasteiger partial charge in [-0.1, -0.05) is 35.5 Å². The van der Waals surface area contributed by atoms with Crippen molar-refractivity contribution in [1.82, 2.24) is 14.8 Å². The van der Waals surface area contributed by atoms with Crippen molar-refractivity contribution in [3.63, 3.8) is 0 Å². The molecule has 10 heteroatoms. The van der Waals surface area contributed by atoms with E-state index in [4.69, 9.17) is 16.0 Å². The molecule has 4 aromatic rings. The summed E-state index contributed by atoms with van der Waals surface area (Å²) in [4.78, 5) is 16.8. The number of oxazole rings is 1. The lowest BCUT2D eigenvalue weighted by Gasteiger charge is -2.04. The van der Waals surface area contributed by atoms with Gasteiger partial charge in [0.05, 0.1) is 5.56 Å². The normalized spacial score (nSPS) is 11.4. The van der Waals surface area contributed by atoms with Crippen molar-refractivity contribution in [3.8, 4) is 0 Å². The summed E-state index contributed by atoms with van der Waals surface area (Å²) in [5, 5.41) is 7.38. The highest BCUT2D eigenvalue weighted by Crippen LogP contribution is 2.29. The summed E-state index contributed by atoms with van der Waals surface area (Å²) in [5.74, 6) is -0.0363. The van der Waals surface area contributed by atoms with Crippen molar-refractivity contribution < 1.29 is 18.0 Å². The second kappa shape index (κ2) is 8.45. The average molecular weight is 449 g/mol. The molecule has 0 aliphatic carbocycles. The first-order valence-corrected chi connectivity index (χ1v) is 10.2. The molecule has 2 heterocycles. The third-order valence-electron chi connectivity index (χ3n) is 4.19. The smallest absolute Gasteiger partial charge is 0.282 e. The monoisotopic (exact) mass is 448 g/mol. The van der Waals surface area contributed by atoms with E-state index in [0.29, 0.717) is 32.8 Å². The minimum atomic E-state index is -2.84. The molecule has 0 saturated heterocycles. The number of fused-ring (bicyclic) bond motifs is 1. The van der Waals surface area contributed by atoms with Gasteiger partial charge in [-0.15, -0.1) is 0 Å². The maximum atomic E-state index is 13.1. The van der Waals surface area contributed by atoms with Gasteiger partial charge in [0.2, 0.25) is 0 Å². The van der Waals surface area contributed by atoms with Gasteiger partial charge in [0.15, 0.2) is 5.58 Å². The van der Waals surface area contributed by atoms with E-state index in [2.05, 4.69) is 15.4 Å². The highest BCUT2D eigenvalue weighted by atomic mass is 35.5. The van der Waals surface area contributed by atoms with E-state index in [0.717, 1.165) is 5.56 Å². The minimum absolute atomic E-state index is 0.175. The highest BCUT2D eigenvalue weighted by molar-refractivity contribution is 7.98. The summed E-state index contributed by atoms with van der Waals surface area (Å²) < 4.78 is 33.1. The average Bonchev–Trinajstić information content (AvgIpc) is 3.29. The Morgan fingerprint density at radius 2 is 2.13 bits per heavy atom. The molecule has 2 aromatic carbocycles. The van der Waals surface area contributed by atoms with Gasteiger partial charge in [-0.3, -0.25) is 9.48 Å². The fourth-order valence-corrected chi connectivity index (χ4v) is 3.85. The first kappa shape index (κ1) is 20.4. The zero-order chi connectivity index (χ0) is 21.3. The number of halogens is 3. The van der Waals surface area contributed by atoms with Crippen molar-refractivity contribution >= 4 is 46.1 Å². The number of aromatic nitrogens is 3. The maximum absolute atomic E-state index is 13.1. The van der Waals surface area contributed by atoms with Crippen LogP contribution >= 0.6 is 23.4 Å². The number of aryl methyl sites for hydroxylation is 1. The van der Waals surface area contributed by atoms with Gasteiger partial charge < -0.3 is 9.73 Å². The van der Waals surface area contributed by atoms with Gasteiger partial charge in [-0.2, -0.15) is 5.10 Å². The highest BCUT2D eigenvalue weighted by Gasteiger charge is 2.23. The molecule has 154 valence electrons. The Labute approximate surface area is 179 Å². The number of alkyl halides is 2. The van der Waals surface area contributed by atoms with Gasteiger partial charge in [0.25, 0.3) is 17.6 Å². The molecule has 0 radical (unpaired) electrons. The van der Waals surface area contributed by atoms with E-state index in [-0.39, 0.29) is 5.56 Å². The van der Waals surface area contributed by atoms with Crippen molar-refractivity contribution in [2.45, 2.75) is 17.4 Å². The molecule has 0 aliphatic heterocycles. The molecule has 0 spiro atoms. The van der Waals surface area contributed by atoms with E-state index in [9.17, 15) is 13.6 Å². The SMILES string of the molecule is Cn1cc(C(=O)Nc2ccc3oc(SCc4cccc(Cl)c4)nc3c2)c(C(F)F)n1.